The van der Waals surface area contributed by atoms with Crippen molar-refractivity contribution >= 4 is 5.97 Å². The Morgan fingerprint density at radius 3 is 2.62 bits per heavy atom. The molecule has 0 saturated heterocycles. The molecule has 0 atom stereocenters. The fraction of sp³-hybridized carbons (Fsp3) is 0.625. The Morgan fingerprint density at radius 1 is 1.29 bits per heavy atom. The first kappa shape index (κ1) is 17.9. The Morgan fingerprint density at radius 2 is 2.00 bits per heavy atom. The molecular formula is C16H21N3O5. The molecule has 24 heavy (non-hydrogen) atoms. The normalized spacial score (nSPS) is 15.0. The Balaban J connectivity index is 2.15. The van der Waals surface area contributed by atoms with Gasteiger partial charge in [-0.1, -0.05) is 19.3 Å². The van der Waals surface area contributed by atoms with Gasteiger partial charge in [0.25, 0.3) is 5.56 Å². The van der Waals surface area contributed by atoms with Gasteiger partial charge in [0, 0.05) is 18.5 Å². The third-order valence-corrected chi connectivity index (χ3v) is 4.09. The molecule has 1 aliphatic rings. The van der Waals surface area contributed by atoms with E-state index in [-0.39, 0.29) is 31.4 Å². The number of nitrogens with one attached hydrogen (secondary N) is 1. The second-order valence-electron chi connectivity index (χ2n) is 5.78. The van der Waals surface area contributed by atoms with Gasteiger partial charge >= 0.3 is 11.7 Å². The number of nitrogens with zero attached hydrogens (tertiary/aromatic N) is 2. The lowest BCUT2D eigenvalue weighted by Gasteiger charge is -2.22. The van der Waals surface area contributed by atoms with Crippen LogP contribution in [-0.2, 0) is 21.0 Å². The van der Waals surface area contributed by atoms with E-state index in [1.54, 1.807) is 0 Å². The number of carbonyl (C=O) groups excluding carboxylic acids is 1. The van der Waals surface area contributed by atoms with Gasteiger partial charge in [0.05, 0.1) is 6.61 Å². The van der Waals surface area contributed by atoms with E-state index in [1.807, 2.05) is 6.07 Å². The fourth-order valence-electron chi connectivity index (χ4n) is 2.91. The Kier molecular flexibility index (Phi) is 6.32. The van der Waals surface area contributed by atoms with Gasteiger partial charge in [0.1, 0.15) is 25.0 Å². The summed E-state index contributed by atoms with van der Waals surface area (Å²) in [4.78, 5) is 37.9. The lowest BCUT2D eigenvalue weighted by molar-refractivity contribution is -0.142. The summed E-state index contributed by atoms with van der Waals surface area (Å²) < 4.78 is 10.7. The summed E-state index contributed by atoms with van der Waals surface area (Å²) in [5.74, 6) is -0.384. The number of rotatable bonds is 6. The maximum atomic E-state index is 12.4. The molecular weight excluding hydrogens is 314 g/mol. The number of aromatic amines is 1. The SMILES string of the molecule is CC(=O)OCCOCn1c(=O)[nH]c(C2CCCCC2)c(C#N)c1=O. The van der Waals surface area contributed by atoms with Crippen LogP contribution < -0.4 is 11.2 Å². The molecule has 0 unspecified atom stereocenters. The summed E-state index contributed by atoms with van der Waals surface area (Å²) in [6.07, 6.45) is 4.93. The summed E-state index contributed by atoms with van der Waals surface area (Å²) in [5.41, 5.74) is -0.810. The Labute approximate surface area is 139 Å². The minimum absolute atomic E-state index is 0.0231. The first-order chi connectivity index (χ1) is 11.5. The van der Waals surface area contributed by atoms with Gasteiger partial charge in [0.2, 0.25) is 0 Å². The lowest BCUT2D eigenvalue weighted by atomic mass is 9.85. The zero-order valence-electron chi connectivity index (χ0n) is 13.7. The number of nitriles is 1. The van der Waals surface area contributed by atoms with Crippen LogP contribution >= 0.6 is 0 Å². The van der Waals surface area contributed by atoms with Gasteiger partial charge in [-0.25, -0.2) is 9.36 Å². The van der Waals surface area contributed by atoms with Crippen LogP contribution in [0.25, 0.3) is 0 Å². The lowest BCUT2D eigenvalue weighted by Crippen LogP contribution is -2.39. The van der Waals surface area contributed by atoms with Crippen LogP contribution in [0.3, 0.4) is 0 Å². The highest BCUT2D eigenvalue weighted by Gasteiger charge is 2.23. The molecule has 0 radical (unpaired) electrons. The molecule has 1 aromatic rings. The molecule has 1 saturated carbocycles. The minimum atomic E-state index is -0.644. The average Bonchev–Trinajstić information content (AvgIpc) is 2.57. The molecule has 0 spiro atoms. The number of carbonyl (C=O) groups is 1. The van der Waals surface area contributed by atoms with Gasteiger partial charge in [-0.05, 0) is 12.8 Å². The number of hydrogen-bond donors (Lipinski definition) is 1. The summed E-state index contributed by atoms with van der Waals surface area (Å²) in [6.45, 7) is 1.07. The third kappa shape index (κ3) is 4.32. The van der Waals surface area contributed by atoms with Gasteiger partial charge in [-0.3, -0.25) is 9.59 Å². The van der Waals surface area contributed by atoms with Crippen molar-refractivity contribution in [3.63, 3.8) is 0 Å². The van der Waals surface area contributed by atoms with Crippen LogP contribution in [0.5, 0.6) is 0 Å². The zero-order valence-corrected chi connectivity index (χ0v) is 13.7. The Bertz CT molecular complexity index is 738. The van der Waals surface area contributed by atoms with Crippen LogP contribution in [0, 0.1) is 11.3 Å². The van der Waals surface area contributed by atoms with E-state index in [2.05, 4.69) is 4.98 Å². The van der Waals surface area contributed by atoms with Crippen LogP contribution in [0.2, 0.25) is 0 Å². The van der Waals surface area contributed by atoms with Crippen molar-refractivity contribution in [2.75, 3.05) is 13.2 Å². The maximum Gasteiger partial charge on any atom is 0.330 e. The molecule has 0 bridgehead atoms. The van der Waals surface area contributed by atoms with Crippen LogP contribution in [-0.4, -0.2) is 28.7 Å². The number of hydrogen-bond acceptors (Lipinski definition) is 6. The van der Waals surface area contributed by atoms with Crippen molar-refractivity contribution in [1.82, 2.24) is 9.55 Å². The molecule has 130 valence electrons. The van der Waals surface area contributed by atoms with Gasteiger partial charge < -0.3 is 14.5 Å². The molecule has 8 nitrogen and oxygen atoms in total. The topological polar surface area (TPSA) is 114 Å². The summed E-state index contributed by atoms with van der Waals surface area (Å²) in [5, 5.41) is 9.33. The second kappa shape index (κ2) is 8.45. The minimum Gasteiger partial charge on any atom is -0.463 e. The van der Waals surface area contributed by atoms with E-state index in [0.29, 0.717) is 5.69 Å². The summed E-state index contributed by atoms with van der Waals surface area (Å²) >= 11 is 0. The predicted octanol–water partition coefficient (Wildman–Crippen LogP) is 0.993. The van der Waals surface area contributed by atoms with E-state index in [4.69, 9.17) is 9.47 Å². The second-order valence-corrected chi connectivity index (χ2v) is 5.78. The standard InChI is InChI=1S/C16H21N3O5/c1-11(20)24-8-7-23-10-19-15(21)13(9-17)14(18-16(19)22)12-5-3-2-4-6-12/h12H,2-8,10H2,1H3,(H,18,22). The molecule has 0 aliphatic heterocycles. The highest BCUT2D eigenvalue weighted by atomic mass is 16.6. The van der Waals surface area contributed by atoms with E-state index in [9.17, 15) is 19.6 Å². The summed E-state index contributed by atoms with van der Waals surface area (Å²) in [7, 11) is 0. The predicted molar refractivity (Wildman–Crippen MR) is 84.4 cm³/mol. The van der Waals surface area contributed by atoms with Crippen LogP contribution in [0.4, 0.5) is 0 Å². The first-order valence-electron chi connectivity index (χ1n) is 8.02. The van der Waals surface area contributed by atoms with E-state index >= 15 is 0 Å². The van der Waals surface area contributed by atoms with Crippen molar-refractivity contribution < 1.29 is 14.3 Å². The quantitative estimate of drug-likeness (QED) is 0.612. The number of aromatic nitrogens is 2. The van der Waals surface area contributed by atoms with E-state index in [1.165, 1.54) is 6.92 Å². The van der Waals surface area contributed by atoms with Gasteiger partial charge in [-0.2, -0.15) is 5.26 Å². The number of esters is 1. The average molecular weight is 335 g/mol. The number of H-pyrrole nitrogens is 1. The van der Waals surface area contributed by atoms with E-state index in [0.717, 1.165) is 36.7 Å². The molecule has 2 rings (SSSR count). The van der Waals surface area contributed by atoms with Crippen molar-refractivity contribution in [3.8, 4) is 6.07 Å². The van der Waals surface area contributed by atoms with Crippen molar-refractivity contribution in [2.45, 2.75) is 51.7 Å². The maximum absolute atomic E-state index is 12.4. The molecule has 1 aromatic heterocycles. The molecule has 0 aromatic carbocycles. The van der Waals surface area contributed by atoms with Crippen LogP contribution in [0.1, 0.15) is 56.2 Å². The van der Waals surface area contributed by atoms with Gasteiger partial charge in [-0.15, -0.1) is 0 Å². The molecule has 1 N–H and O–H groups in total. The third-order valence-electron chi connectivity index (χ3n) is 4.09. The highest BCUT2D eigenvalue weighted by molar-refractivity contribution is 5.65. The molecule has 1 heterocycles. The smallest absolute Gasteiger partial charge is 0.330 e. The van der Waals surface area contributed by atoms with Crippen molar-refractivity contribution in [2.24, 2.45) is 0 Å². The largest absolute Gasteiger partial charge is 0.463 e. The molecule has 0 amide bonds. The molecule has 1 aliphatic carbocycles. The van der Waals surface area contributed by atoms with Crippen molar-refractivity contribution in [3.05, 3.63) is 32.1 Å². The fourth-order valence-corrected chi connectivity index (χ4v) is 2.91. The molecule has 8 heteroatoms. The van der Waals surface area contributed by atoms with E-state index < -0.39 is 17.2 Å². The molecule has 1 fully saturated rings. The van der Waals surface area contributed by atoms with Gasteiger partial charge in [0.15, 0.2) is 0 Å². The van der Waals surface area contributed by atoms with Crippen LogP contribution in [0.15, 0.2) is 9.59 Å². The zero-order chi connectivity index (χ0) is 17.5. The number of ether oxygens (including phenoxy) is 2. The van der Waals surface area contributed by atoms with Crippen molar-refractivity contribution in [1.29, 1.82) is 5.26 Å². The monoisotopic (exact) mass is 335 g/mol. The summed E-state index contributed by atoms with van der Waals surface area (Å²) in [6, 6.07) is 1.92. The highest BCUT2D eigenvalue weighted by Crippen LogP contribution is 2.31. The first-order valence-corrected chi connectivity index (χ1v) is 8.02. The Hall–Kier alpha value is -2.40.